The number of nitrogens with one attached hydrogen (secondary N) is 2. The summed E-state index contributed by atoms with van der Waals surface area (Å²) in [6.07, 6.45) is 1.48. The molecule has 0 heterocycles. The van der Waals surface area contributed by atoms with Crippen LogP contribution in [-0.2, 0) is 0 Å². The molecule has 0 radical (unpaired) electrons. The minimum Gasteiger partial charge on any atom is -0.315 e. The van der Waals surface area contributed by atoms with Crippen molar-refractivity contribution in [2.45, 2.75) is 45.5 Å². The van der Waals surface area contributed by atoms with Gasteiger partial charge < -0.3 is 10.6 Å². The molecule has 0 saturated heterocycles. The predicted octanol–water partition coefficient (Wildman–Crippen LogP) is 2.65. The van der Waals surface area contributed by atoms with Crippen molar-refractivity contribution in [3.05, 3.63) is 0 Å². The van der Waals surface area contributed by atoms with E-state index in [0.29, 0.717) is 24.7 Å². The van der Waals surface area contributed by atoms with E-state index >= 15 is 0 Å². The third-order valence-corrected chi connectivity index (χ3v) is 3.30. The van der Waals surface area contributed by atoms with Crippen molar-refractivity contribution < 1.29 is 8.78 Å². The smallest absolute Gasteiger partial charge is 0.248 e. The molecule has 1 fully saturated rings. The molecule has 17 heavy (non-hydrogen) atoms. The van der Waals surface area contributed by atoms with Crippen molar-refractivity contribution in [1.29, 1.82) is 0 Å². The molecular formula is C13H26F2N2. The summed E-state index contributed by atoms with van der Waals surface area (Å²) < 4.78 is 25.8. The van der Waals surface area contributed by atoms with Crippen molar-refractivity contribution in [2.24, 2.45) is 11.8 Å². The third kappa shape index (κ3) is 6.94. The highest BCUT2D eigenvalue weighted by molar-refractivity contribution is 4.78. The standard InChI is InChI=1S/C13H26F2N2/c1-11(2)9-16-7-8-17-10-12-3-5-13(14,15)6-4-12/h11-12,16-17H,3-10H2,1-2H3. The van der Waals surface area contributed by atoms with Crippen LogP contribution in [0.5, 0.6) is 0 Å². The second kappa shape index (κ2) is 7.27. The topological polar surface area (TPSA) is 24.1 Å². The summed E-state index contributed by atoms with van der Waals surface area (Å²) in [5.41, 5.74) is 0. The summed E-state index contributed by atoms with van der Waals surface area (Å²) in [4.78, 5) is 0. The number of halogens is 2. The fourth-order valence-electron chi connectivity index (χ4n) is 2.18. The van der Waals surface area contributed by atoms with Gasteiger partial charge in [-0.05, 0) is 37.8 Å². The molecule has 0 atom stereocenters. The molecule has 1 rings (SSSR count). The Kier molecular flexibility index (Phi) is 6.34. The van der Waals surface area contributed by atoms with E-state index in [-0.39, 0.29) is 12.8 Å². The lowest BCUT2D eigenvalue weighted by molar-refractivity contribution is -0.0454. The molecule has 0 unspecified atom stereocenters. The largest absolute Gasteiger partial charge is 0.315 e. The first kappa shape index (κ1) is 14.8. The van der Waals surface area contributed by atoms with Crippen LogP contribution in [0.15, 0.2) is 0 Å². The Balaban J connectivity index is 1.94. The first-order valence-corrected chi connectivity index (χ1v) is 6.79. The molecule has 4 heteroatoms. The average Bonchev–Trinajstić information content (AvgIpc) is 2.25. The van der Waals surface area contributed by atoms with E-state index in [1.54, 1.807) is 0 Å². The van der Waals surface area contributed by atoms with Crippen molar-refractivity contribution in [3.63, 3.8) is 0 Å². The van der Waals surface area contributed by atoms with Crippen LogP contribution in [-0.4, -0.2) is 32.1 Å². The zero-order chi connectivity index (χ0) is 12.7. The van der Waals surface area contributed by atoms with E-state index in [1.165, 1.54) is 0 Å². The molecule has 0 aromatic rings. The number of rotatable bonds is 7. The highest BCUT2D eigenvalue weighted by atomic mass is 19.3. The van der Waals surface area contributed by atoms with E-state index in [1.807, 2.05) is 0 Å². The van der Waals surface area contributed by atoms with Crippen LogP contribution in [0, 0.1) is 11.8 Å². The van der Waals surface area contributed by atoms with E-state index < -0.39 is 5.92 Å². The third-order valence-electron chi connectivity index (χ3n) is 3.30. The molecule has 2 N–H and O–H groups in total. The Morgan fingerprint density at radius 2 is 1.71 bits per heavy atom. The van der Waals surface area contributed by atoms with Gasteiger partial charge in [-0.3, -0.25) is 0 Å². The monoisotopic (exact) mass is 248 g/mol. The summed E-state index contributed by atoms with van der Waals surface area (Å²) in [6.45, 7) is 8.18. The fourth-order valence-corrected chi connectivity index (χ4v) is 2.18. The van der Waals surface area contributed by atoms with E-state index in [2.05, 4.69) is 24.5 Å². The predicted molar refractivity (Wildman–Crippen MR) is 67.5 cm³/mol. The lowest BCUT2D eigenvalue weighted by Gasteiger charge is -2.28. The number of alkyl halides is 2. The van der Waals surface area contributed by atoms with Gasteiger partial charge >= 0.3 is 0 Å². The maximum atomic E-state index is 12.9. The summed E-state index contributed by atoms with van der Waals surface area (Å²) >= 11 is 0. The molecule has 0 bridgehead atoms. The van der Waals surface area contributed by atoms with Gasteiger partial charge in [0.15, 0.2) is 0 Å². The van der Waals surface area contributed by atoms with Gasteiger partial charge in [0.05, 0.1) is 0 Å². The van der Waals surface area contributed by atoms with Crippen LogP contribution in [0.3, 0.4) is 0 Å². The van der Waals surface area contributed by atoms with Gasteiger partial charge in [-0.1, -0.05) is 13.8 Å². The summed E-state index contributed by atoms with van der Waals surface area (Å²) in [5.74, 6) is -1.27. The molecular weight excluding hydrogens is 222 g/mol. The Labute approximate surface area is 104 Å². The average molecular weight is 248 g/mol. The first-order chi connectivity index (χ1) is 7.99. The van der Waals surface area contributed by atoms with Crippen molar-refractivity contribution >= 4 is 0 Å². The van der Waals surface area contributed by atoms with Gasteiger partial charge in [-0.15, -0.1) is 0 Å². The van der Waals surface area contributed by atoms with E-state index in [0.717, 1.165) is 26.2 Å². The second-order valence-electron chi connectivity index (χ2n) is 5.60. The van der Waals surface area contributed by atoms with E-state index in [9.17, 15) is 8.78 Å². The van der Waals surface area contributed by atoms with Crippen LogP contribution in [0.1, 0.15) is 39.5 Å². The Bertz CT molecular complexity index is 198. The molecule has 0 aromatic heterocycles. The van der Waals surface area contributed by atoms with Crippen LogP contribution in [0.4, 0.5) is 8.78 Å². The molecule has 1 saturated carbocycles. The van der Waals surface area contributed by atoms with Gasteiger partial charge in [-0.2, -0.15) is 0 Å². The second-order valence-corrected chi connectivity index (χ2v) is 5.60. The van der Waals surface area contributed by atoms with E-state index in [4.69, 9.17) is 0 Å². The SMILES string of the molecule is CC(C)CNCCNCC1CCC(F)(F)CC1. The Morgan fingerprint density at radius 3 is 2.29 bits per heavy atom. The Morgan fingerprint density at radius 1 is 1.12 bits per heavy atom. The zero-order valence-electron chi connectivity index (χ0n) is 11.1. The lowest BCUT2D eigenvalue weighted by atomic mass is 9.87. The van der Waals surface area contributed by atoms with Gasteiger partial charge in [0.25, 0.3) is 0 Å². The number of hydrogen-bond donors (Lipinski definition) is 2. The molecule has 0 spiro atoms. The van der Waals surface area contributed by atoms with Crippen LogP contribution in [0.2, 0.25) is 0 Å². The van der Waals surface area contributed by atoms with Crippen molar-refractivity contribution in [3.8, 4) is 0 Å². The lowest BCUT2D eigenvalue weighted by Crippen LogP contribution is -2.34. The maximum absolute atomic E-state index is 12.9. The highest BCUT2D eigenvalue weighted by Crippen LogP contribution is 2.35. The zero-order valence-corrected chi connectivity index (χ0v) is 11.1. The molecule has 2 nitrogen and oxygen atoms in total. The first-order valence-electron chi connectivity index (χ1n) is 6.79. The molecule has 0 aromatic carbocycles. The quantitative estimate of drug-likeness (QED) is 0.677. The molecule has 1 aliphatic carbocycles. The van der Waals surface area contributed by atoms with Gasteiger partial charge in [0, 0.05) is 25.9 Å². The van der Waals surface area contributed by atoms with Gasteiger partial charge in [-0.25, -0.2) is 8.78 Å². The number of hydrogen-bond acceptors (Lipinski definition) is 2. The van der Waals surface area contributed by atoms with Gasteiger partial charge in [0.1, 0.15) is 0 Å². The highest BCUT2D eigenvalue weighted by Gasteiger charge is 2.34. The summed E-state index contributed by atoms with van der Waals surface area (Å²) in [7, 11) is 0. The van der Waals surface area contributed by atoms with Crippen molar-refractivity contribution in [2.75, 3.05) is 26.2 Å². The fraction of sp³-hybridized carbons (Fsp3) is 1.00. The molecule has 0 aliphatic heterocycles. The maximum Gasteiger partial charge on any atom is 0.248 e. The summed E-state index contributed by atoms with van der Waals surface area (Å²) in [5, 5.41) is 6.70. The van der Waals surface area contributed by atoms with Crippen molar-refractivity contribution in [1.82, 2.24) is 10.6 Å². The molecule has 0 amide bonds. The van der Waals surface area contributed by atoms with Crippen LogP contribution >= 0.6 is 0 Å². The minimum atomic E-state index is -2.39. The van der Waals surface area contributed by atoms with Gasteiger partial charge in [0.2, 0.25) is 5.92 Å². The Hall–Kier alpha value is -0.220. The van der Waals surface area contributed by atoms with Crippen LogP contribution < -0.4 is 10.6 Å². The summed E-state index contributed by atoms with van der Waals surface area (Å²) in [6, 6.07) is 0. The minimum absolute atomic E-state index is 0.0744. The molecule has 1 aliphatic rings. The van der Waals surface area contributed by atoms with Crippen LogP contribution in [0.25, 0.3) is 0 Å². The molecule has 102 valence electrons. The normalized spacial score (nSPS) is 21.0.